The Bertz CT molecular complexity index is 1160. The van der Waals surface area contributed by atoms with Crippen LogP contribution in [-0.2, 0) is 4.79 Å². The van der Waals surface area contributed by atoms with E-state index in [0.717, 1.165) is 5.69 Å². The van der Waals surface area contributed by atoms with E-state index in [0.29, 0.717) is 22.0 Å². The van der Waals surface area contributed by atoms with Crippen LogP contribution >= 0.6 is 11.6 Å². The molecule has 0 atom stereocenters. The largest absolute Gasteiger partial charge is 0.275 e. The number of amides is 1. The molecule has 0 saturated carbocycles. The minimum absolute atomic E-state index is 0.210. The summed E-state index contributed by atoms with van der Waals surface area (Å²) in [5.41, 5.74) is 5.42. The molecule has 29 heavy (non-hydrogen) atoms. The molecule has 0 bridgehead atoms. The second kappa shape index (κ2) is 7.81. The van der Waals surface area contributed by atoms with Gasteiger partial charge in [0.25, 0.3) is 5.91 Å². The first-order valence-corrected chi connectivity index (χ1v) is 9.11. The third kappa shape index (κ3) is 3.86. The van der Waals surface area contributed by atoms with Crippen LogP contribution in [0, 0.1) is 12.7 Å². The molecule has 6 nitrogen and oxygen atoms in total. The average molecular weight is 408 g/mol. The molecular weight excluding hydrogens is 393 g/mol. The number of carbonyl (C=O) groups is 1. The number of hydrazone groups is 1. The summed E-state index contributed by atoms with van der Waals surface area (Å²) in [7, 11) is 0. The van der Waals surface area contributed by atoms with Gasteiger partial charge in [0, 0.05) is 11.8 Å². The van der Waals surface area contributed by atoms with Crippen LogP contribution in [0.2, 0.25) is 5.15 Å². The molecule has 2 aromatic carbocycles. The Morgan fingerprint density at radius 1 is 1.14 bits per heavy atom. The van der Waals surface area contributed by atoms with Gasteiger partial charge in [0.15, 0.2) is 5.84 Å². The lowest BCUT2D eigenvalue weighted by Gasteiger charge is -2.02. The minimum Gasteiger partial charge on any atom is -0.267 e. The van der Waals surface area contributed by atoms with Gasteiger partial charge in [0.05, 0.1) is 17.0 Å². The van der Waals surface area contributed by atoms with Gasteiger partial charge in [-0.1, -0.05) is 41.9 Å². The fourth-order valence-corrected chi connectivity index (χ4v) is 3.13. The molecule has 2 heterocycles. The first kappa shape index (κ1) is 18.8. The second-order valence-corrected chi connectivity index (χ2v) is 6.64. The predicted octanol–water partition coefficient (Wildman–Crippen LogP) is 3.92. The third-order valence-corrected chi connectivity index (χ3v) is 4.66. The first-order chi connectivity index (χ1) is 14.0. The summed E-state index contributed by atoms with van der Waals surface area (Å²) in [6.45, 7) is 1.81. The quantitative estimate of drug-likeness (QED) is 0.528. The van der Waals surface area contributed by atoms with Crippen LogP contribution in [-0.4, -0.2) is 27.7 Å². The van der Waals surface area contributed by atoms with Crippen molar-refractivity contribution in [3.8, 4) is 5.69 Å². The number of aliphatic imine (C=N–C) groups is 1. The summed E-state index contributed by atoms with van der Waals surface area (Å²) >= 11 is 6.54. The normalized spacial score (nSPS) is 15.2. The smallest absolute Gasteiger partial charge is 0.267 e. The van der Waals surface area contributed by atoms with Gasteiger partial charge in [0.2, 0.25) is 0 Å². The number of hydrogen-bond acceptors (Lipinski definition) is 4. The molecule has 1 amide bonds. The van der Waals surface area contributed by atoms with Crippen LogP contribution in [0.5, 0.6) is 0 Å². The minimum atomic E-state index is -0.390. The van der Waals surface area contributed by atoms with Gasteiger partial charge in [-0.15, -0.1) is 0 Å². The second-order valence-electron chi connectivity index (χ2n) is 6.28. The van der Waals surface area contributed by atoms with Crippen molar-refractivity contribution in [2.24, 2.45) is 10.1 Å². The van der Waals surface area contributed by atoms with Crippen molar-refractivity contribution >= 4 is 35.6 Å². The Hall–Kier alpha value is -3.58. The molecule has 3 aromatic rings. The lowest BCUT2D eigenvalue weighted by molar-refractivity contribution is -0.116. The van der Waals surface area contributed by atoms with Crippen LogP contribution < -0.4 is 5.43 Å². The number of nitrogens with one attached hydrogen (secondary N) is 1. The maximum atomic E-state index is 13.0. The number of aryl methyl sites for hydroxylation is 1. The number of hydrogen-bond donors (Lipinski definition) is 1. The highest BCUT2D eigenvalue weighted by Crippen LogP contribution is 2.26. The number of para-hydroxylation sites is 1. The summed E-state index contributed by atoms with van der Waals surface area (Å²) in [5, 5.41) is 8.80. The van der Waals surface area contributed by atoms with Gasteiger partial charge in [-0.05, 0) is 42.8 Å². The van der Waals surface area contributed by atoms with Gasteiger partial charge in [-0.3, -0.25) is 4.79 Å². The molecule has 0 unspecified atom stereocenters. The van der Waals surface area contributed by atoms with E-state index >= 15 is 0 Å². The molecule has 8 heteroatoms. The van der Waals surface area contributed by atoms with Crippen LogP contribution in [0.25, 0.3) is 11.8 Å². The Balaban J connectivity index is 1.68. The molecule has 1 aliphatic heterocycles. The first-order valence-electron chi connectivity index (χ1n) is 8.73. The number of halogens is 2. The van der Waals surface area contributed by atoms with Crippen molar-refractivity contribution in [3.63, 3.8) is 0 Å². The van der Waals surface area contributed by atoms with E-state index in [9.17, 15) is 9.18 Å². The highest BCUT2D eigenvalue weighted by Gasteiger charge is 2.24. The fourth-order valence-electron chi connectivity index (χ4n) is 2.80. The molecule has 4 rings (SSSR count). The third-order valence-electron chi connectivity index (χ3n) is 4.29. The summed E-state index contributed by atoms with van der Waals surface area (Å²) < 4.78 is 14.6. The zero-order valence-electron chi connectivity index (χ0n) is 15.3. The zero-order valence-corrected chi connectivity index (χ0v) is 16.1. The van der Waals surface area contributed by atoms with Crippen molar-refractivity contribution in [2.75, 3.05) is 0 Å². The molecule has 144 valence electrons. The molecular formula is C21H15ClFN5O. The Morgan fingerprint density at radius 3 is 2.59 bits per heavy atom. The molecule has 1 aliphatic rings. The zero-order chi connectivity index (χ0) is 20.4. The average Bonchev–Trinajstić information content (AvgIpc) is 3.22. The highest BCUT2D eigenvalue weighted by atomic mass is 35.5. The molecule has 0 spiro atoms. The van der Waals surface area contributed by atoms with Crippen molar-refractivity contribution in [1.82, 2.24) is 15.2 Å². The number of carbonyl (C=O) groups excluding carboxylic acids is 1. The standard InChI is InChI=1S/C21H15ClFN5O/c1-13-17(19(22)28(27-13)16-5-3-2-4-6-16)11-18-20(25-26-21(18)29)24-12-14-7-9-15(23)10-8-14/h2-12H,1H3,(H,26,29)/b18-11-,24-12?. The van der Waals surface area contributed by atoms with Crippen LogP contribution in [0.4, 0.5) is 4.39 Å². The van der Waals surface area contributed by atoms with Gasteiger partial charge in [-0.25, -0.2) is 19.5 Å². The number of nitrogens with zero attached hydrogens (tertiary/aromatic N) is 4. The van der Waals surface area contributed by atoms with Gasteiger partial charge >= 0.3 is 0 Å². The number of amidine groups is 1. The number of aromatic nitrogens is 2. The Morgan fingerprint density at radius 2 is 1.86 bits per heavy atom. The number of benzene rings is 2. The van der Waals surface area contributed by atoms with Gasteiger partial charge in [-0.2, -0.15) is 10.2 Å². The summed E-state index contributed by atoms with van der Waals surface area (Å²) in [4.78, 5) is 16.5. The molecule has 0 radical (unpaired) electrons. The van der Waals surface area contributed by atoms with Crippen LogP contribution in [0.15, 0.2) is 70.3 Å². The molecule has 0 saturated heterocycles. The highest BCUT2D eigenvalue weighted by molar-refractivity contribution is 6.33. The summed E-state index contributed by atoms with van der Waals surface area (Å²) in [5.74, 6) is -0.514. The molecule has 1 aromatic heterocycles. The summed E-state index contributed by atoms with van der Waals surface area (Å²) in [6, 6.07) is 15.3. The molecule has 1 N–H and O–H groups in total. The molecule has 0 fully saturated rings. The van der Waals surface area contributed by atoms with E-state index < -0.39 is 0 Å². The SMILES string of the molecule is Cc1nn(-c2ccccc2)c(Cl)c1/C=C1\C(=O)NN=C1N=Cc1ccc(F)cc1. The van der Waals surface area contributed by atoms with E-state index in [1.165, 1.54) is 18.3 Å². The van der Waals surface area contributed by atoms with Crippen LogP contribution in [0.3, 0.4) is 0 Å². The van der Waals surface area contributed by atoms with Crippen molar-refractivity contribution < 1.29 is 9.18 Å². The topological polar surface area (TPSA) is 71.6 Å². The van der Waals surface area contributed by atoms with Crippen LogP contribution in [0.1, 0.15) is 16.8 Å². The number of rotatable bonds is 3. The fraction of sp³-hybridized carbons (Fsp3) is 0.0476. The van der Waals surface area contributed by atoms with E-state index in [1.807, 2.05) is 37.3 Å². The van der Waals surface area contributed by atoms with Gasteiger partial charge in [0.1, 0.15) is 11.0 Å². The van der Waals surface area contributed by atoms with Gasteiger partial charge < -0.3 is 0 Å². The summed E-state index contributed by atoms with van der Waals surface area (Å²) in [6.07, 6.45) is 3.13. The van der Waals surface area contributed by atoms with E-state index in [-0.39, 0.29) is 23.1 Å². The van der Waals surface area contributed by atoms with Crippen molar-refractivity contribution in [3.05, 3.63) is 88.0 Å². The van der Waals surface area contributed by atoms with E-state index in [4.69, 9.17) is 11.6 Å². The van der Waals surface area contributed by atoms with Crippen molar-refractivity contribution in [1.29, 1.82) is 0 Å². The maximum Gasteiger partial charge on any atom is 0.275 e. The maximum absolute atomic E-state index is 13.0. The lowest BCUT2D eigenvalue weighted by Crippen LogP contribution is -2.12. The Labute approximate surface area is 171 Å². The van der Waals surface area contributed by atoms with E-state index in [1.54, 1.807) is 22.9 Å². The van der Waals surface area contributed by atoms with E-state index in [2.05, 4.69) is 20.6 Å². The monoisotopic (exact) mass is 407 g/mol. The lowest BCUT2D eigenvalue weighted by atomic mass is 10.1. The predicted molar refractivity (Wildman–Crippen MR) is 111 cm³/mol. The Kier molecular flexibility index (Phi) is 5.05. The molecule has 0 aliphatic carbocycles. The van der Waals surface area contributed by atoms with Crippen molar-refractivity contribution in [2.45, 2.75) is 6.92 Å².